The van der Waals surface area contributed by atoms with E-state index in [1.807, 2.05) is 43.3 Å². The molecule has 2 rings (SSSR count). The lowest BCUT2D eigenvalue weighted by molar-refractivity contribution is 0.105. The van der Waals surface area contributed by atoms with Gasteiger partial charge in [-0.25, -0.2) is 0 Å². The topological polar surface area (TPSA) is 29.5 Å². The quantitative estimate of drug-likeness (QED) is 0.898. The molecule has 17 heavy (non-hydrogen) atoms. The molecule has 0 spiro atoms. The molecular formula is C14H15ClO2. The van der Waals surface area contributed by atoms with Crippen molar-refractivity contribution in [2.45, 2.75) is 19.4 Å². The van der Waals surface area contributed by atoms with Gasteiger partial charge in [-0.1, -0.05) is 42.8 Å². The first-order valence-electron chi connectivity index (χ1n) is 5.70. The molecule has 0 saturated heterocycles. The molecule has 0 radical (unpaired) electrons. The van der Waals surface area contributed by atoms with Crippen LogP contribution in [0.4, 0.5) is 0 Å². The van der Waals surface area contributed by atoms with Gasteiger partial charge in [-0.05, 0) is 18.6 Å². The average Bonchev–Trinajstić information content (AvgIpc) is 2.38. The molecular weight excluding hydrogens is 236 g/mol. The third-order valence-corrected chi connectivity index (χ3v) is 3.06. The van der Waals surface area contributed by atoms with Gasteiger partial charge < -0.3 is 9.84 Å². The Morgan fingerprint density at radius 1 is 1.18 bits per heavy atom. The smallest absolute Gasteiger partial charge is 0.127 e. The third-order valence-electron chi connectivity index (χ3n) is 2.73. The maximum Gasteiger partial charge on any atom is 0.127 e. The predicted molar refractivity (Wildman–Crippen MR) is 70.8 cm³/mol. The van der Waals surface area contributed by atoms with E-state index in [2.05, 4.69) is 0 Å². The largest absolute Gasteiger partial charge is 0.490 e. The number of benzene rings is 2. The molecule has 0 bridgehead atoms. The number of hydrogen-bond donors (Lipinski definition) is 1. The highest BCUT2D eigenvalue weighted by Gasteiger charge is 2.07. The van der Waals surface area contributed by atoms with Gasteiger partial charge in [0.15, 0.2) is 0 Å². The van der Waals surface area contributed by atoms with Crippen molar-refractivity contribution in [3.63, 3.8) is 0 Å². The summed E-state index contributed by atoms with van der Waals surface area (Å²) in [5, 5.41) is 12.2. The van der Waals surface area contributed by atoms with E-state index in [1.165, 1.54) is 0 Å². The number of aliphatic hydroxyl groups is 1. The summed E-state index contributed by atoms with van der Waals surface area (Å²) in [6, 6.07) is 11.5. The van der Waals surface area contributed by atoms with Crippen molar-refractivity contribution < 1.29 is 9.84 Å². The second-order valence-corrected chi connectivity index (χ2v) is 4.37. The van der Waals surface area contributed by atoms with Crippen molar-refractivity contribution in [1.29, 1.82) is 0 Å². The van der Waals surface area contributed by atoms with Gasteiger partial charge in [0.2, 0.25) is 0 Å². The van der Waals surface area contributed by atoms with Crippen molar-refractivity contribution in [1.82, 2.24) is 0 Å². The second kappa shape index (κ2) is 5.39. The Hall–Kier alpha value is -1.25. The molecule has 0 aromatic heterocycles. The zero-order valence-electron chi connectivity index (χ0n) is 9.69. The molecule has 90 valence electrons. The standard InChI is InChI=1S/C14H15ClO2/c1-2-10(16)9-17-14-8-7-13(15)11-5-3-4-6-12(11)14/h3-8,10,16H,2,9H2,1H3. The lowest BCUT2D eigenvalue weighted by Crippen LogP contribution is -2.16. The van der Waals surface area contributed by atoms with Gasteiger partial charge in [0, 0.05) is 15.8 Å². The van der Waals surface area contributed by atoms with Gasteiger partial charge in [-0.2, -0.15) is 0 Å². The molecule has 3 heteroatoms. The summed E-state index contributed by atoms with van der Waals surface area (Å²) < 4.78 is 5.62. The van der Waals surface area contributed by atoms with E-state index in [4.69, 9.17) is 16.3 Å². The normalized spacial score (nSPS) is 12.6. The van der Waals surface area contributed by atoms with Crippen LogP contribution < -0.4 is 4.74 Å². The monoisotopic (exact) mass is 250 g/mol. The summed E-state index contributed by atoms with van der Waals surface area (Å²) in [6.07, 6.45) is 0.260. The van der Waals surface area contributed by atoms with Crippen molar-refractivity contribution >= 4 is 22.4 Å². The van der Waals surface area contributed by atoms with Crippen molar-refractivity contribution in [3.05, 3.63) is 41.4 Å². The van der Waals surface area contributed by atoms with Crippen LogP contribution in [0.1, 0.15) is 13.3 Å². The molecule has 2 aromatic rings. The molecule has 0 heterocycles. The number of rotatable bonds is 4. The Kier molecular flexibility index (Phi) is 3.87. The first-order valence-corrected chi connectivity index (χ1v) is 6.08. The van der Waals surface area contributed by atoms with Crippen molar-refractivity contribution in [3.8, 4) is 5.75 Å². The molecule has 0 saturated carbocycles. The number of ether oxygens (including phenoxy) is 1. The Labute approximate surface area is 106 Å². The minimum atomic E-state index is -0.426. The zero-order valence-corrected chi connectivity index (χ0v) is 10.4. The van der Waals surface area contributed by atoms with Gasteiger partial charge >= 0.3 is 0 Å². The minimum absolute atomic E-state index is 0.308. The van der Waals surface area contributed by atoms with E-state index in [1.54, 1.807) is 0 Å². The van der Waals surface area contributed by atoms with Crippen LogP contribution in [-0.2, 0) is 0 Å². The molecule has 0 aliphatic carbocycles. The summed E-state index contributed by atoms with van der Waals surface area (Å²) in [6.45, 7) is 2.23. The summed E-state index contributed by atoms with van der Waals surface area (Å²) in [5.41, 5.74) is 0. The Balaban J connectivity index is 2.32. The van der Waals surface area contributed by atoms with E-state index >= 15 is 0 Å². The predicted octanol–water partition coefficient (Wildman–Crippen LogP) is 3.64. The molecule has 2 nitrogen and oxygen atoms in total. The molecule has 0 amide bonds. The van der Waals surface area contributed by atoms with Crippen molar-refractivity contribution in [2.24, 2.45) is 0 Å². The highest BCUT2D eigenvalue weighted by molar-refractivity contribution is 6.35. The van der Waals surface area contributed by atoms with Gasteiger partial charge in [-0.3, -0.25) is 0 Å². The number of halogens is 1. The van der Waals surface area contributed by atoms with Gasteiger partial charge in [0.25, 0.3) is 0 Å². The van der Waals surface area contributed by atoms with Crippen LogP contribution in [0.3, 0.4) is 0 Å². The van der Waals surface area contributed by atoms with Gasteiger partial charge in [0.05, 0.1) is 6.10 Å². The Bertz CT molecular complexity index is 511. The highest BCUT2D eigenvalue weighted by atomic mass is 35.5. The fourth-order valence-corrected chi connectivity index (χ4v) is 1.89. The van der Waals surface area contributed by atoms with Gasteiger partial charge in [0.1, 0.15) is 12.4 Å². The van der Waals surface area contributed by atoms with Crippen LogP contribution in [0.2, 0.25) is 5.02 Å². The van der Waals surface area contributed by atoms with Crippen molar-refractivity contribution in [2.75, 3.05) is 6.61 Å². The molecule has 2 aromatic carbocycles. The van der Waals surface area contributed by atoms with Crippen LogP contribution in [-0.4, -0.2) is 17.8 Å². The van der Waals surface area contributed by atoms with E-state index in [0.717, 1.165) is 16.5 Å². The maximum absolute atomic E-state index is 9.49. The fraction of sp³-hybridized carbons (Fsp3) is 0.286. The Morgan fingerprint density at radius 2 is 1.88 bits per heavy atom. The summed E-state index contributed by atoms with van der Waals surface area (Å²) >= 11 is 6.11. The average molecular weight is 251 g/mol. The second-order valence-electron chi connectivity index (χ2n) is 3.96. The van der Waals surface area contributed by atoms with Crippen LogP contribution >= 0.6 is 11.6 Å². The van der Waals surface area contributed by atoms with Crippen LogP contribution in [0.25, 0.3) is 10.8 Å². The molecule has 0 fully saturated rings. The first-order chi connectivity index (χ1) is 8.22. The van der Waals surface area contributed by atoms with Crippen LogP contribution in [0.5, 0.6) is 5.75 Å². The Morgan fingerprint density at radius 3 is 2.59 bits per heavy atom. The van der Waals surface area contributed by atoms with E-state index in [9.17, 15) is 5.11 Å². The van der Waals surface area contributed by atoms with Crippen LogP contribution in [0, 0.1) is 0 Å². The molecule has 0 aliphatic heterocycles. The minimum Gasteiger partial charge on any atom is -0.490 e. The molecule has 0 aliphatic rings. The fourth-order valence-electron chi connectivity index (χ4n) is 1.66. The summed E-state index contributed by atoms with van der Waals surface area (Å²) in [4.78, 5) is 0. The SMILES string of the molecule is CCC(O)COc1ccc(Cl)c2ccccc12. The maximum atomic E-state index is 9.49. The number of hydrogen-bond acceptors (Lipinski definition) is 2. The molecule has 1 unspecified atom stereocenters. The highest BCUT2D eigenvalue weighted by Crippen LogP contribution is 2.31. The van der Waals surface area contributed by atoms with Crippen LogP contribution in [0.15, 0.2) is 36.4 Å². The van der Waals surface area contributed by atoms with E-state index in [0.29, 0.717) is 18.1 Å². The summed E-state index contributed by atoms with van der Waals surface area (Å²) in [5.74, 6) is 0.762. The van der Waals surface area contributed by atoms with E-state index in [-0.39, 0.29) is 0 Å². The van der Waals surface area contributed by atoms with Gasteiger partial charge in [-0.15, -0.1) is 0 Å². The number of fused-ring (bicyclic) bond motifs is 1. The first kappa shape index (κ1) is 12.2. The number of aliphatic hydroxyl groups excluding tert-OH is 1. The lowest BCUT2D eigenvalue weighted by atomic mass is 10.1. The zero-order chi connectivity index (χ0) is 12.3. The molecule has 1 atom stereocenters. The lowest BCUT2D eigenvalue weighted by Gasteiger charge is -2.12. The molecule has 1 N–H and O–H groups in total. The third kappa shape index (κ3) is 2.71. The summed E-state index contributed by atoms with van der Waals surface area (Å²) in [7, 11) is 0. The van der Waals surface area contributed by atoms with E-state index < -0.39 is 6.10 Å².